The Kier molecular flexibility index (Phi) is 7.15. The topological polar surface area (TPSA) is 114 Å². The Morgan fingerprint density at radius 2 is 2.00 bits per heavy atom. The van der Waals surface area contributed by atoms with Crippen LogP contribution in [0, 0.1) is 27.6 Å². The fourth-order valence-electron chi connectivity index (χ4n) is 2.93. The van der Waals surface area contributed by atoms with Gasteiger partial charge in [0.1, 0.15) is 0 Å². The second-order valence-corrected chi connectivity index (χ2v) is 6.80. The maximum absolute atomic E-state index is 13.8. The van der Waals surface area contributed by atoms with E-state index in [9.17, 15) is 28.1 Å². The lowest BCUT2D eigenvalue weighted by atomic mass is 10.2. The smallest absolute Gasteiger partial charge is 0.270 e. The van der Waals surface area contributed by atoms with Gasteiger partial charge in [0.25, 0.3) is 5.69 Å². The predicted molar refractivity (Wildman–Crippen MR) is 107 cm³/mol. The summed E-state index contributed by atoms with van der Waals surface area (Å²) in [5, 5.41) is 17.0. The van der Waals surface area contributed by atoms with Gasteiger partial charge in [-0.2, -0.15) is 4.98 Å². The first-order valence-electron chi connectivity index (χ1n) is 9.51. The number of benzene rings is 2. The van der Waals surface area contributed by atoms with Crippen LogP contribution in [0.4, 0.5) is 24.5 Å². The minimum absolute atomic E-state index is 0.0729. The Labute approximate surface area is 180 Å². The van der Waals surface area contributed by atoms with Gasteiger partial charge in [0.2, 0.25) is 17.6 Å². The van der Waals surface area contributed by atoms with Gasteiger partial charge in [0.05, 0.1) is 23.7 Å². The molecule has 3 aromatic rings. The number of aromatic nitrogens is 2. The zero-order chi connectivity index (χ0) is 23.3. The highest BCUT2D eigenvalue weighted by atomic mass is 19.2. The van der Waals surface area contributed by atoms with Crippen molar-refractivity contribution in [1.82, 2.24) is 15.0 Å². The molecule has 0 saturated carbocycles. The lowest BCUT2D eigenvalue weighted by molar-refractivity contribution is -0.384. The molecule has 3 rings (SSSR count). The number of nitro groups is 1. The van der Waals surface area contributed by atoms with Crippen LogP contribution in [0.1, 0.15) is 19.2 Å². The fraction of sp³-hybridized carbons (Fsp3) is 0.250. The number of carbonyl (C=O) groups excluding carboxylic acids is 1. The number of nitrogens with zero attached hydrogens (tertiary/aromatic N) is 4. The molecule has 0 fully saturated rings. The van der Waals surface area contributed by atoms with Crippen LogP contribution in [0.25, 0.3) is 11.4 Å². The molecule has 32 heavy (non-hydrogen) atoms. The minimum Gasteiger partial charge on any atom is -0.338 e. The molecule has 1 N–H and O–H groups in total. The van der Waals surface area contributed by atoms with E-state index in [2.05, 4.69) is 15.5 Å². The largest absolute Gasteiger partial charge is 0.338 e. The molecule has 0 unspecified atom stereocenters. The zero-order valence-corrected chi connectivity index (χ0v) is 16.8. The molecule has 0 aliphatic heterocycles. The van der Waals surface area contributed by atoms with Crippen LogP contribution in [0.15, 0.2) is 40.9 Å². The molecule has 1 amide bonds. The first-order valence-corrected chi connectivity index (χ1v) is 9.51. The standard InChI is InChI=1S/C20H18F3N5O4/c1-2-8-27(10-16(29)24-15-7-6-14(21)18(22)19(15)23)11-17-25-20(26-32-17)12-4-3-5-13(9-12)28(30)31/h3-7,9H,2,8,10-11H2,1H3,(H,24,29). The van der Waals surface area contributed by atoms with Crippen molar-refractivity contribution in [2.24, 2.45) is 0 Å². The second kappa shape index (κ2) is 10.0. The van der Waals surface area contributed by atoms with Crippen LogP contribution in [-0.4, -0.2) is 39.0 Å². The van der Waals surface area contributed by atoms with Crippen molar-refractivity contribution < 1.29 is 27.4 Å². The molecule has 0 saturated heterocycles. The van der Waals surface area contributed by atoms with E-state index in [0.717, 1.165) is 6.07 Å². The lowest BCUT2D eigenvalue weighted by Gasteiger charge is -2.19. The number of hydrogen-bond acceptors (Lipinski definition) is 7. The van der Waals surface area contributed by atoms with E-state index in [1.807, 2.05) is 6.92 Å². The summed E-state index contributed by atoms with van der Waals surface area (Å²) in [6.07, 6.45) is 0.665. The van der Waals surface area contributed by atoms with Crippen LogP contribution in [0.5, 0.6) is 0 Å². The second-order valence-electron chi connectivity index (χ2n) is 6.80. The highest BCUT2D eigenvalue weighted by molar-refractivity contribution is 5.92. The maximum atomic E-state index is 13.8. The first-order chi connectivity index (χ1) is 15.3. The highest BCUT2D eigenvalue weighted by Gasteiger charge is 2.19. The van der Waals surface area contributed by atoms with Gasteiger partial charge >= 0.3 is 0 Å². The summed E-state index contributed by atoms with van der Waals surface area (Å²) in [7, 11) is 0. The SMILES string of the molecule is CCCN(CC(=O)Nc1ccc(F)c(F)c1F)Cc1nc(-c2cccc([N+](=O)[O-])c2)no1. The van der Waals surface area contributed by atoms with Crippen molar-refractivity contribution in [3.05, 3.63) is 69.9 Å². The summed E-state index contributed by atoms with van der Waals surface area (Å²) in [5.74, 6) is -4.86. The minimum atomic E-state index is -1.67. The van der Waals surface area contributed by atoms with Crippen molar-refractivity contribution in [2.75, 3.05) is 18.4 Å². The Bertz CT molecular complexity index is 1140. The molecular formula is C20H18F3N5O4. The number of non-ortho nitro benzene ring substituents is 1. The molecule has 1 aromatic heterocycles. The average Bonchev–Trinajstić information content (AvgIpc) is 3.23. The molecule has 0 aliphatic rings. The summed E-state index contributed by atoms with van der Waals surface area (Å²) in [6.45, 7) is 2.19. The molecule has 0 aliphatic carbocycles. The number of carbonyl (C=O) groups is 1. The molecular weight excluding hydrogens is 431 g/mol. The molecule has 0 radical (unpaired) electrons. The molecule has 1 heterocycles. The van der Waals surface area contributed by atoms with Gasteiger partial charge in [-0.15, -0.1) is 0 Å². The van der Waals surface area contributed by atoms with Crippen molar-refractivity contribution in [2.45, 2.75) is 19.9 Å². The van der Waals surface area contributed by atoms with Gasteiger partial charge < -0.3 is 9.84 Å². The Morgan fingerprint density at radius 3 is 2.72 bits per heavy atom. The average molecular weight is 449 g/mol. The summed E-state index contributed by atoms with van der Waals surface area (Å²) < 4.78 is 45.4. The number of halogens is 3. The number of nitro benzene ring substituents is 1. The predicted octanol–water partition coefficient (Wildman–Crippen LogP) is 3.91. The Morgan fingerprint density at radius 1 is 1.22 bits per heavy atom. The van der Waals surface area contributed by atoms with Crippen LogP contribution < -0.4 is 5.32 Å². The zero-order valence-electron chi connectivity index (χ0n) is 16.8. The van der Waals surface area contributed by atoms with E-state index < -0.39 is 34.0 Å². The maximum Gasteiger partial charge on any atom is 0.270 e. The first kappa shape index (κ1) is 22.9. The molecule has 2 aromatic carbocycles. The molecule has 0 bridgehead atoms. The third-order valence-corrected chi connectivity index (χ3v) is 4.36. The Balaban J connectivity index is 1.68. The summed E-state index contributed by atoms with van der Waals surface area (Å²) in [4.78, 5) is 28.5. The number of nitrogens with one attached hydrogen (secondary N) is 1. The number of amides is 1. The van der Waals surface area contributed by atoms with Crippen LogP contribution in [-0.2, 0) is 11.3 Å². The third-order valence-electron chi connectivity index (χ3n) is 4.36. The van der Waals surface area contributed by atoms with Crippen LogP contribution in [0.3, 0.4) is 0 Å². The molecule has 168 valence electrons. The van der Waals surface area contributed by atoms with Crippen molar-refractivity contribution >= 4 is 17.3 Å². The van der Waals surface area contributed by atoms with E-state index in [-0.39, 0.29) is 30.5 Å². The van der Waals surface area contributed by atoms with E-state index in [1.54, 1.807) is 11.0 Å². The van der Waals surface area contributed by atoms with E-state index in [1.165, 1.54) is 18.2 Å². The van der Waals surface area contributed by atoms with E-state index >= 15 is 0 Å². The monoisotopic (exact) mass is 449 g/mol. The van der Waals surface area contributed by atoms with E-state index in [0.29, 0.717) is 24.6 Å². The van der Waals surface area contributed by atoms with Gasteiger partial charge in [0, 0.05) is 17.7 Å². The quantitative estimate of drug-likeness (QED) is 0.299. The Hall–Kier alpha value is -3.80. The summed E-state index contributed by atoms with van der Waals surface area (Å²) >= 11 is 0. The number of rotatable bonds is 9. The van der Waals surface area contributed by atoms with Gasteiger partial charge in [-0.1, -0.05) is 24.2 Å². The van der Waals surface area contributed by atoms with E-state index in [4.69, 9.17) is 4.52 Å². The molecule has 9 nitrogen and oxygen atoms in total. The normalized spacial score (nSPS) is 11.0. The number of hydrogen-bond donors (Lipinski definition) is 1. The molecule has 12 heteroatoms. The van der Waals surface area contributed by atoms with Crippen molar-refractivity contribution in [3.8, 4) is 11.4 Å². The van der Waals surface area contributed by atoms with Gasteiger partial charge in [-0.05, 0) is 25.1 Å². The third kappa shape index (κ3) is 5.46. The summed E-state index contributed by atoms with van der Waals surface area (Å²) in [5.41, 5.74) is -0.207. The van der Waals surface area contributed by atoms with Crippen LogP contribution in [0.2, 0.25) is 0 Å². The van der Waals surface area contributed by atoms with Crippen molar-refractivity contribution in [1.29, 1.82) is 0 Å². The lowest BCUT2D eigenvalue weighted by Crippen LogP contribution is -2.33. The van der Waals surface area contributed by atoms with Gasteiger partial charge in [-0.25, -0.2) is 13.2 Å². The molecule has 0 atom stereocenters. The highest BCUT2D eigenvalue weighted by Crippen LogP contribution is 2.22. The fourth-order valence-corrected chi connectivity index (χ4v) is 2.93. The molecule has 0 spiro atoms. The van der Waals surface area contributed by atoms with Crippen LogP contribution >= 0.6 is 0 Å². The summed E-state index contributed by atoms with van der Waals surface area (Å²) in [6, 6.07) is 7.37. The van der Waals surface area contributed by atoms with Gasteiger partial charge in [0.15, 0.2) is 17.5 Å². The van der Waals surface area contributed by atoms with Crippen molar-refractivity contribution in [3.63, 3.8) is 0 Å². The van der Waals surface area contributed by atoms with Gasteiger partial charge in [-0.3, -0.25) is 19.8 Å². The number of anilines is 1.